The minimum absolute atomic E-state index is 0.0697. The molecule has 0 amide bonds. The Bertz CT molecular complexity index is 663. The zero-order valence-corrected chi connectivity index (χ0v) is 12.2. The highest BCUT2D eigenvalue weighted by Crippen LogP contribution is 2.32. The summed E-state index contributed by atoms with van der Waals surface area (Å²) in [7, 11) is 0. The fourth-order valence-corrected chi connectivity index (χ4v) is 1.86. The van der Waals surface area contributed by atoms with Crippen LogP contribution < -0.4 is 10.5 Å². The topological polar surface area (TPSA) is 93.6 Å². The van der Waals surface area contributed by atoms with Crippen LogP contribution in [0.5, 0.6) is 11.8 Å². The molecule has 1 aromatic heterocycles. The van der Waals surface area contributed by atoms with Crippen molar-refractivity contribution in [2.45, 2.75) is 26.2 Å². The second-order valence-electron chi connectivity index (χ2n) is 5.56. The van der Waals surface area contributed by atoms with Crippen LogP contribution in [0.25, 0.3) is 0 Å². The van der Waals surface area contributed by atoms with Gasteiger partial charge in [-0.15, -0.1) is 0 Å². The summed E-state index contributed by atoms with van der Waals surface area (Å²) in [5.41, 5.74) is 6.79. The predicted octanol–water partition coefficient (Wildman–Crippen LogP) is 2.66. The molecule has 3 N–H and O–H groups in total. The Kier molecular flexibility index (Phi) is 4.07. The summed E-state index contributed by atoms with van der Waals surface area (Å²) >= 11 is 0. The number of aromatic nitrogens is 2. The summed E-state index contributed by atoms with van der Waals surface area (Å²) in [5.74, 6) is 0.591. The molecule has 0 saturated heterocycles. The molecule has 0 bridgehead atoms. The van der Waals surface area contributed by atoms with Gasteiger partial charge in [-0.05, 0) is 17.5 Å². The molecule has 1 heterocycles. The number of para-hydroxylation sites is 1. The molecule has 6 heteroatoms. The van der Waals surface area contributed by atoms with Gasteiger partial charge >= 0.3 is 6.01 Å². The minimum Gasteiger partial charge on any atom is -0.424 e. The monoisotopic (exact) mass is 286 g/mol. The minimum atomic E-state index is -0.0913. The molecule has 0 fully saturated rings. The molecule has 1 aromatic carbocycles. The lowest BCUT2D eigenvalue weighted by molar-refractivity contribution is 0.318. The van der Waals surface area contributed by atoms with Gasteiger partial charge in [-0.2, -0.15) is 4.98 Å². The summed E-state index contributed by atoms with van der Waals surface area (Å²) < 4.78 is 5.76. The largest absolute Gasteiger partial charge is 0.424 e. The maximum Gasteiger partial charge on any atom is 0.322 e. The Morgan fingerprint density at radius 2 is 1.95 bits per heavy atom. The van der Waals surface area contributed by atoms with Crippen molar-refractivity contribution in [2.24, 2.45) is 10.9 Å². The second-order valence-corrected chi connectivity index (χ2v) is 5.56. The quantitative estimate of drug-likeness (QED) is 0.391. The highest BCUT2D eigenvalue weighted by Gasteiger charge is 2.19. The molecular formula is C15H18N4O2. The van der Waals surface area contributed by atoms with E-state index in [-0.39, 0.29) is 17.3 Å². The first-order valence-electron chi connectivity index (χ1n) is 6.50. The molecule has 0 saturated carbocycles. The van der Waals surface area contributed by atoms with E-state index in [9.17, 15) is 0 Å². The van der Waals surface area contributed by atoms with Crippen molar-refractivity contribution >= 4 is 5.84 Å². The third-order valence-corrected chi connectivity index (χ3v) is 2.90. The second kappa shape index (κ2) is 5.78. The summed E-state index contributed by atoms with van der Waals surface area (Å²) in [6.45, 7) is 6.30. The highest BCUT2D eigenvalue weighted by atomic mass is 16.5. The Morgan fingerprint density at radius 1 is 1.24 bits per heavy atom. The molecule has 110 valence electrons. The molecular weight excluding hydrogens is 268 g/mol. The van der Waals surface area contributed by atoms with Crippen LogP contribution in [0.15, 0.2) is 41.7 Å². The number of rotatable bonds is 3. The number of hydrogen-bond donors (Lipinski definition) is 2. The van der Waals surface area contributed by atoms with Gasteiger partial charge in [0.2, 0.25) is 0 Å². The van der Waals surface area contributed by atoms with Crippen molar-refractivity contribution in [2.75, 3.05) is 0 Å². The van der Waals surface area contributed by atoms with Crippen LogP contribution in [0.3, 0.4) is 0 Å². The van der Waals surface area contributed by atoms with E-state index >= 15 is 0 Å². The van der Waals surface area contributed by atoms with E-state index in [0.29, 0.717) is 11.4 Å². The number of nitrogens with zero attached hydrogens (tertiary/aromatic N) is 3. The van der Waals surface area contributed by atoms with Crippen LogP contribution in [0, 0.1) is 0 Å². The van der Waals surface area contributed by atoms with Gasteiger partial charge in [0.05, 0.1) is 0 Å². The molecule has 0 atom stereocenters. The van der Waals surface area contributed by atoms with Crippen molar-refractivity contribution in [1.82, 2.24) is 9.97 Å². The summed E-state index contributed by atoms with van der Waals surface area (Å²) in [5, 5.41) is 11.6. The molecule has 0 aliphatic rings. The fraction of sp³-hybridized carbons (Fsp3) is 0.267. The van der Waals surface area contributed by atoms with Crippen molar-refractivity contribution < 1.29 is 9.94 Å². The van der Waals surface area contributed by atoms with E-state index < -0.39 is 0 Å². The first kappa shape index (κ1) is 14.8. The first-order chi connectivity index (χ1) is 9.91. The lowest BCUT2D eigenvalue weighted by atomic mass is 9.86. The van der Waals surface area contributed by atoms with Crippen molar-refractivity contribution in [1.29, 1.82) is 0 Å². The van der Waals surface area contributed by atoms with Crippen LogP contribution >= 0.6 is 0 Å². The van der Waals surface area contributed by atoms with Crippen molar-refractivity contribution in [3.63, 3.8) is 0 Å². The van der Waals surface area contributed by atoms with Crippen LogP contribution in [-0.2, 0) is 5.41 Å². The van der Waals surface area contributed by atoms with Crippen LogP contribution in [0.4, 0.5) is 0 Å². The molecule has 0 aliphatic heterocycles. The van der Waals surface area contributed by atoms with Crippen molar-refractivity contribution in [3.8, 4) is 11.8 Å². The number of nitrogens with two attached hydrogens (primary N) is 1. The zero-order chi connectivity index (χ0) is 15.5. The van der Waals surface area contributed by atoms with Gasteiger partial charge in [0.25, 0.3) is 0 Å². The number of ether oxygens (including phenoxy) is 1. The third kappa shape index (κ3) is 3.47. The molecule has 0 unspecified atom stereocenters. The molecule has 2 aromatic rings. The zero-order valence-electron chi connectivity index (χ0n) is 12.2. The number of amidine groups is 1. The van der Waals surface area contributed by atoms with Crippen LogP contribution in [-0.4, -0.2) is 21.0 Å². The van der Waals surface area contributed by atoms with Crippen LogP contribution in [0.1, 0.15) is 32.0 Å². The Labute approximate surface area is 123 Å². The number of oxime groups is 1. The van der Waals surface area contributed by atoms with E-state index in [2.05, 4.69) is 35.9 Å². The Balaban J connectivity index is 2.35. The maximum atomic E-state index is 8.68. The van der Waals surface area contributed by atoms with Gasteiger partial charge in [-0.25, -0.2) is 4.98 Å². The number of hydrogen-bond acceptors (Lipinski definition) is 5. The third-order valence-electron chi connectivity index (χ3n) is 2.90. The van der Waals surface area contributed by atoms with Gasteiger partial charge in [0.15, 0.2) is 5.84 Å². The van der Waals surface area contributed by atoms with Gasteiger partial charge in [0, 0.05) is 11.8 Å². The van der Waals surface area contributed by atoms with Crippen LogP contribution in [0.2, 0.25) is 0 Å². The molecule has 0 radical (unpaired) electrons. The van der Waals surface area contributed by atoms with E-state index in [4.69, 9.17) is 15.7 Å². The van der Waals surface area contributed by atoms with Crippen molar-refractivity contribution in [3.05, 3.63) is 47.8 Å². The Hall–Kier alpha value is -2.63. The van der Waals surface area contributed by atoms with Gasteiger partial charge < -0.3 is 15.7 Å². The first-order valence-corrected chi connectivity index (χ1v) is 6.50. The summed E-state index contributed by atoms with van der Waals surface area (Å²) in [6, 6.07) is 9.40. The highest BCUT2D eigenvalue weighted by molar-refractivity contribution is 5.95. The Morgan fingerprint density at radius 3 is 2.62 bits per heavy atom. The number of benzene rings is 1. The van der Waals surface area contributed by atoms with Gasteiger partial charge in [-0.3, -0.25) is 0 Å². The van der Waals surface area contributed by atoms with E-state index in [1.807, 2.05) is 24.3 Å². The standard InChI is InChI=1S/C15H18N4O2/c1-15(2,3)10-6-4-5-7-12(10)21-14-17-9-8-11(18-14)13(16)19-20/h4-9,20H,1-3H3,(H2,16,19). The smallest absolute Gasteiger partial charge is 0.322 e. The average molecular weight is 286 g/mol. The fourth-order valence-electron chi connectivity index (χ4n) is 1.86. The normalized spacial score (nSPS) is 12.2. The van der Waals surface area contributed by atoms with Gasteiger partial charge in [0.1, 0.15) is 11.4 Å². The predicted molar refractivity (Wildman–Crippen MR) is 79.8 cm³/mol. The molecule has 21 heavy (non-hydrogen) atoms. The SMILES string of the molecule is CC(C)(C)c1ccccc1Oc1nccc(/C(N)=N/O)n1. The maximum absolute atomic E-state index is 8.68. The molecule has 2 rings (SSSR count). The molecule has 0 spiro atoms. The molecule has 0 aliphatic carbocycles. The van der Waals surface area contributed by atoms with E-state index in [0.717, 1.165) is 5.56 Å². The summed E-state index contributed by atoms with van der Waals surface area (Å²) in [6.07, 6.45) is 1.50. The van der Waals surface area contributed by atoms with E-state index in [1.54, 1.807) is 0 Å². The van der Waals surface area contributed by atoms with E-state index in [1.165, 1.54) is 12.3 Å². The lowest BCUT2D eigenvalue weighted by Crippen LogP contribution is -2.16. The summed E-state index contributed by atoms with van der Waals surface area (Å²) in [4.78, 5) is 8.16. The average Bonchev–Trinajstić information content (AvgIpc) is 2.46. The lowest BCUT2D eigenvalue weighted by Gasteiger charge is -2.21. The molecule has 6 nitrogen and oxygen atoms in total. The van der Waals surface area contributed by atoms with Gasteiger partial charge in [-0.1, -0.05) is 44.1 Å².